The van der Waals surface area contributed by atoms with Crippen molar-refractivity contribution >= 4 is 49.1 Å². The predicted octanol–water partition coefficient (Wildman–Crippen LogP) is 4.47. The summed E-state index contributed by atoms with van der Waals surface area (Å²) in [6, 6.07) is 7.67. The van der Waals surface area contributed by atoms with Crippen LogP contribution in [0.15, 0.2) is 34.9 Å². The highest BCUT2D eigenvalue weighted by molar-refractivity contribution is 9.10. The fourth-order valence-corrected chi connectivity index (χ4v) is 4.78. The second kappa shape index (κ2) is 7.21. The van der Waals surface area contributed by atoms with Crippen molar-refractivity contribution in [3.8, 4) is 16.9 Å². The molecule has 1 fully saturated rings. The Balaban J connectivity index is 1.82. The molecule has 4 rings (SSSR count). The minimum atomic E-state index is 0.0117. The van der Waals surface area contributed by atoms with Gasteiger partial charge in [-0.1, -0.05) is 11.6 Å². The molecule has 0 spiro atoms. The number of hydrogen-bond donors (Lipinski definition) is 2. The van der Waals surface area contributed by atoms with Gasteiger partial charge in [-0.05, 0) is 40.2 Å². The van der Waals surface area contributed by atoms with Crippen LogP contribution in [0.1, 0.15) is 4.88 Å². The Morgan fingerprint density at radius 3 is 2.88 bits per heavy atom. The summed E-state index contributed by atoms with van der Waals surface area (Å²) in [5.74, 6) is 1.33. The molecule has 2 aromatic heterocycles. The first kappa shape index (κ1) is 17.2. The largest absolute Gasteiger partial charge is 0.491 e. The summed E-state index contributed by atoms with van der Waals surface area (Å²) in [7, 11) is 0. The van der Waals surface area contributed by atoms with E-state index in [-0.39, 0.29) is 6.61 Å². The summed E-state index contributed by atoms with van der Waals surface area (Å²) in [5.41, 5.74) is 2.82. The van der Waals surface area contributed by atoms with E-state index in [4.69, 9.17) is 16.3 Å². The lowest BCUT2D eigenvalue weighted by atomic mass is 10.0. The molecule has 130 valence electrons. The lowest BCUT2D eigenvalue weighted by Crippen LogP contribution is -2.45. The van der Waals surface area contributed by atoms with Crippen LogP contribution in [0.3, 0.4) is 0 Å². The molecule has 2 N–H and O–H groups in total. The number of benzene rings is 1. The third-order valence-corrected chi connectivity index (χ3v) is 6.20. The maximum atomic E-state index is 9.45. The van der Waals surface area contributed by atoms with Crippen molar-refractivity contribution < 1.29 is 9.84 Å². The van der Waals surface area contributed by atoms with Crippen LogP contribution in [-0.2, 0) is 6.61 Å². The molecule has 1 aromatic carbocycles. The van der Waals surface area contributed by atoms with Crippen molar-refractivity contribution in [1.82, 2.24) is 10.3 Å². The molecule has 0 bridgehead atoms. The summed E-state index contributed by atoms with van der Waals surface area (Å²) >= 11 is 11.4. The molecule has 1 aliphatic heterocycles. The topological polar surface area (TPSA) is 54.4 Å². The van der Waals surface area contributed by atoms with Gasteiger partial charge in [0.15, 0.2) is 0 Å². The number of halogens is 2. The monoisotopic (exact) mass is 438 g/mol. The molecule has 0 atom stereocenters. The van der Waals surface area contributed by atoms with E-state index in [1.165, 1.54) is 0 Å². The molecule has 0 aliphatic carbocycles. The Kier molecular flexibility index (Phi) is 4.97. The molecular weight excluding hydrogens is 424 g/mol. The number of nitrogens with one attached hydrogen (secondary N) is 1. The minimum Gasteiger partial charge on any atom is -0.491 e. The van der Waals surface area contributed by atoms with E-state index in [1.807, 2.05) is 24.3 Å². The Morgan fingerprint density at radius 1 is 1.32 bits per heavy atom. The highest BCUT2D eigenvalue weighted by Gasteiger charge is 2.21. The van der Waals surface area contributed by atoms with E-state index < -0.39 is 0 Å². The lowest BCUT2D eigenvalue weighted by Gasteiger charge is -2.27. The molecule has 7 heteroatoms. The number of aliphatic hydroxyl groups excluding tert-OH is 1. The van der Waals surface area contributed by atoms with E-state index in [0.29, 0.717) is 17.5 Å². The van der Waals surface area contributed by atoms with Gasteiger partial charge in [0.2, 0.25) is 0 Å². The lowest BCUT2D eigenvalue weighted by molar-refractivity contribution is 0.199. The van der Waals surface area contributed by atoms with Gasteiger partial charge in [-0.2, -0.15) is 0 Å². The van der Waals surface area contributed by atoms with Crippen LogP contribution < -0.4 is 10.1 Å². The molecular formula is C18H16BrClN2O2S. The normalized spacial score (nSPS) is 14.7. The Bertz CT molecular complexity index is 927. The molecule has 0 unspecified atom stereocenters. The van der Waals surface area contributed by atoms with Crippen molar-refractivity contribution in [2.24, 2.45) is 5.92 Å². The van der Waals surface area contributed by atoms with Crippen LogP contribution in [-0.4, -0.2) is 29.8 Å². The smallest absolute Gasteiger partial charge is 0.141 e. The Labute approximate surface area is 162 Å². The van der Waals surface area contributed by atoms with E-state index in [0.717, 1.165) is 49.5 Å². The Morgan fingerprint density at radius 2 is 2.16 bits per heavy atom. The van der Waals surface area contributed by atoms with Crippen molar-refractivity contribution in [2.75, 3.05) is 19.7 Å². The maximum Gasteiger partial charge on any atom is 0.141 e. The fraction of sp³-hybridized carbons (Fsp3) is 0.278. The SMILES string of the molecule is OCc1cc2nccc(-c3cc(Cl)cc(Br)c3OCC3CNC3)c2s1. The summed E-state index contributed by atoms with van der Waals surface area (Å²) in [6.07, 6.45) is 1.78. The quantitative estimate of drug-likeness (QED) is 0.616. The molecule has 0 radical (unpaired) electrons. The second-order valence-corrected chi connectivity index (χ2v) is 8.47. The van der Waals surface area contributed by atoms with Gasteiger partial charge < -0.3 is 15.2 Å². The van der Waals surface area contributed by atoms with Gasteiger partial charge in [-0.3, -0.25) is 4.98 Å². The number of fused-ring (bicyclic) bond motifs is 1. The van der Waals surface area contributed by atoms with Crippen LogP contribution >= 0.6 is 38.9 Å². The first-order chi connectivity index (χ1) is 12.2. The molecule has 3 heterocycles. The Hall–Kier alpha value is -1.18. The fourth-order valence-electron chi connectivity index (χ4n) is 2.85. The zero-order valence-electron chi connectivity index (χ0n) is 13.3. The van der Waals surface area contributed by atoms with Crippen LogP contribution in [0, 0.1) is 5.92 Å². The number of nitrogens with zero attached hydrogens (tertiary/aromatic N) is 1. The highest BCUT2D eigenvalue weighted by atomic mass is 79.9. The summed E-state index contributed by atoms with van der Waals surface area (Å²) in [4.78, 5) is 5.30. The summed E-state index contributed by atoms with van der Waals surface area (Å²) in [5, 5.41) is 13.3. The van der Waals surface area contributed by atoms with Gasteiger partial charge in [0.05, 0.1) is 27.9 Å². The van der Waals surface area contributed by atoms with Gasteiger partial charge >= 0.3 is 0 Å². The number of aromatic nitrogens is 1. The molecule has 3 aromatic rings. The number of hydrogen-bond acceptors (Lipinski definition) is 5. The van der Waals surface area contributed by atoms with Gasteiger partial charge in [0.1, 0.15) is 5.75 Å². The first-order valence-electron chi connectivity index (χ1n) is 7.97. The van der Waals surface area contributed by atoms with Crippen molar-refractivity contribution in [3.63, 3.8) is 0 Å². The number of thiophene rings is 1. The predicted molar refractivity (Wildman–Crippen MR) is 106 cm³/mol. The zero-order valence-corrected chi connectivity index (χ0v) is 16.4. The number of aliphatic hydroxyl groups is 1. The second-order valence-electron chi connectivity index (χ2n) is 6.04. The van der Waals surface area contributed by atoms with Crippen LogP contribution in [0.4, 0.5) is 0 Å². The summed E-state index contributed by atoms with van der Waals surface area (Å²) in [6.45, 7) is 2.66. The average Bonchev–Trinajstić information content (AvgIpc) is 2.98. The van der Waals surface area contributed by atoms with Gasteiger partial charge in [-0.15, -0.1) is 11.3 Å². The van der Waals surface area contributed by atoms with Crippen molar-refractivity contribution in [2.45, 2.75) is 6.61 Å². The van der Waals surface area contributed by atoms with Gasteiger partial charge in [0, 0.05) is 46.2 Å². The number of pyridine rings is 1. The number of rotatable bonds is 5. The highest BCUT2D eigenvalue weighted by Crippen LogP contribution is 2.43. The van der Waals surface area contributed by atoms with Crippen molar-refractivity contribution in [3.05, 3.63) is 44.8 Å². The standard InChI is InChI=1S/C18H16BrClN2O2S/c19-15-4-11(20)3-14(17(15)24-9-10-6-21-7-10)13-1-2-22-16-5-12(8-23)25-18(13)16/h1-5,10,21,23H,6-9H2. The van der Waals surface area contributed by atoms with Gasteiger partial charge in [-0.25, -0.2) is 0 Å². The van der Waals surface area contributed by atoms with Crippen LogP contribution in [0.25, 0.3) is 21.3 Å². The van der Waals surface area contributed by atoms with Crippen LogP contribution in [0.2, 0.25) is 5.02 Å². The summed E-state index contributed by atoms with van der Waals surface area (Å²) < 4.78 is 8.02. The molecule has 0 saturated carbocycles. The van der Waals surface area contributed by atoms with Gasteiger partial charge in [0.25, 0.3) is 0 Å². The third-order valence-electron chi connectivity index (χ3n) is 4.25. The molecule has 1 saturated heterocycles. The van der Waals surface area contributed by atoms with E-state index in [9.17, 15) is 5.11 Å². The molecule has 25 heavy (non-hydrogen) atoms. The zero-order chi connectivity index (χ0) is 17.4. The maximum absolute atomic E-state index is 9.45. The van der Waals surface area contributed by atoms with Crippen molar-refractivity contribution in [1.29, 1.82) is 0 Å². The molecule has 4 nitrogen and oxygen atoms in total. The molecule has 1 aliphatic rings. The van der Waals surface area contributed by atoms with E-state index in [1.54, 1.807) is 17.5 Å². The third kappa shape index (κ3) is 3.41. The van der Waals surface area contributed by atoms with E-state index in [2.05, 4.69) is 26.2 Å². The minimum absolute atomic E-state index is 0.0117. The first-order valence-corrected chi connectivity index (χ1v) is 9.95. The van der Waals surface area contributed by atoms with Crippen LogP contribution in [0.5, 0.6) is 5.75 Å². The van der Waals surface area contributed by atoms with E-state index >= 15 is 0 Å². The number of ether oxygens (including phenoxy) is 1. The molecule has 0 amide bonds. The average molecular weight is 440 g/mol.